The summed E-state index contributed by atoms with van der Waals surface area (Å²) in [7, 11) is 0. The molecule has 2 aliphatic rings. The molecule has 7 nitrogen and oxygen atoms in total. The first-order valence-electron chi connectivity index (χ1n) is 11.5. The number of nitrogens with zero attached hydrogens (tertiary/aromatic N) is 2. The van der Waals surface area contributed by atoms with E-state index < -0.39 is 6.04 Å². The highest BCUT2D eigenvalue weighted by Gasteiger charge is 2.30. The fourth-order valence-corrected chi connectivity index (χ4v) is 4.72. The molecule has 0 spiro atoms. The average Bonchev–Trinajstić information content (AvgIpc) is 3.47. The highest BCUT2D eigenvalue weighted by Crippen LogP contribution is 2.24. The van der Waals surface area contributed by atoms with Gasteiger partial charge in [-0.05, 0) is 24.8 Å². The minimum absolute atomic E-state index is 0.0106. The summed E-state index contributed by atoms with van der Waals surface area (Å²) in [4.78, 5) is 35.4. The molecule has 7 heteroatoms. The van der Waals surface area contributed by atoms with Crippen molar-refractivity contribution in [3.63, 3.8) is 0 Å². The van der Waals surface area contributed by atoms with Crippen LogP contribution in [0.4, 0.5) is 0 Å². The lowest BCUT2D eigenvalue weighted by Gasteiger charge is -2.25. The molecule has 0 radical (unpaired) electrons. The van der Waals surface area contributed by atoms with Crippen LogP contribution < -0.4 is 10.6 Å². The quantitative estimate of drug-likeness (QED) is 0.608. The molecule has 1 aliphatic heterocycles. The predicted molar refractivity (Wildman–Crippen MR) is 119 cm³/mol. The number of amides is 2. The van der Waals surface area contributed by atoms with E-state index in [0.717, 1.165) is 57.4 Å². The van der Waals surface area contributed by atoms with Crippen LogP contribution in [-0.4, -0.2) is 51.9 Å². The van der Waals surface area contributed by atoms with Crippen molar-refractivity contribution >= 4 is 11.8 Å². The standard InChI is InChI=1S/C24H33N5O2/c30-23(19-9-5-2-6-10-19)28-22(13-21-14-25-17-26-21)24(31)27-20-11-12-29(16-20)15-18-7-3-1-4-8-18/h1,3-4,7-8,14,17,19-20,22H,2,5-6,9-13,15-16H2,(H,25,26)(H,27,31)(H,28,30). The van der Waals surface area contributed by atoms with Gasteiger partial charge in [0.1, 0.15) is 6.04 Å². The van der Waals surface area contributed by atoms with Crippen molar-refractivity contribution in [2.24, 2.45) is 5.92 Å². The molecule has 3 N–H and O–H groups in total. The molecule has 31 heavy (non-hydrogen) atoms. The van der Waals surface area contributed by atoms with Gasteiger partial charge in [0, 0.05) is 49.9 Å². The molecule has 2 fully saturated rings. The number of carbonyl (C=O) groups excluding carboxylic acids is 2. The summed E-state index contributed by atoms with van der Waals surface area (Å²) in [6, 6.07) is 9.92. The second-order valence-electron chi connectivity index (χ2n) is 8.89. The first-order chi connectivity index (χ1) is 15.2. The van der Waals surface area contributed by atoms with Crippen molar-refractivity contribution in [3.8, 4) is 0 Å². The monoisotopic (exact) mass is 423 g/mol. The lowest BCUT2D eigenvalue weighted by Crippen LogP contribution is -2.52. The molecule has 1 saturated heterocycles. The number of rotatable bonds is 8. The Morgan fingerprint density at radius 2 is 1.94 bits per heavy atom. The lowest BCUT2D eigenvalue weighted by molar-refractivity contribution is -0.132. The fourth-order valence-electron chi connectivity index (χ4n) is 4.72. The van der Waals surface area contributed by atoms with Crippen LogP contribution in [0.5, 0.6) is 0 Å². The van der Waals surface area contributed by atoms with Crippen LogP contribution in [0.3, 0.4) is 0 Å². The van der Waals surface area contributed by atoms with Gasteiger partial charge in [0.05, 0.1) is 6.33 Å². The van der Waals surface area contributed by atoms with E-state index in [4.69, 9.17) is 0 Å². The number of aromatic amines is 1. The number of imidazole rings is 1. The van der Waals surface area contributed by atoms with Crippen molar-refractivity contribution in [1.82, 2.24) is 25.5 Å². The van der Waals surface area contributed by atoms with Gasteiger partial charge in [-0.1, -0.05) is 49.6 Å². The van der Waals surface area contributed by atoms with Gasteiger partial charge in [0.25, 0.3) is 0 Å². The van der Waals surface area contributed by atoms with Crippen LogP contribution in [0.2, 0.25) is 0 Å². The molecule has 1 aromatic carbocycles. The van der Waals surface area contributed by atoms with Crippen molar-refractivity contribution in [2.45, 2.75) is 63.6 Å². The zero-order valence-corrected chi connectivity index (χ0v) is 18.1. The van der Waals surface area contributed by atoms with Crippen molar-refractivity contribution < 1.29 is 9.59 Å². The maximum Gasteiger partial charge on any atom is 0.243 e. The first kappa shape index (κ1) is 21.6. The average molecular weight is 424 g/mol. The Bertz CT molecular complexity index is 833. The molecule has 2 unspecified atom stereocenters. The Labute approximate surface area is 184 Å². The zero-order valence-electron chi connectivity index (χ0n) is 18.1. The molecule has 1 aliphatic carbocycles. The molecule has 4 rings (SSSR count). The largest absolute Gasteiger partial charge is 0.350 e. The number of benzene rings is 1. The maximum absolute atomic E-state index is 13.1. The summed E-state index contributed by atoms with van der Waals surface area (Å²) in [5.74, 6) is -0.0690. The van der Waals surface area contributed by atoms with Gasteiger partial charge in [-0.15, -0.1) is 0 Å². The van der Waals surface area contributed by atoms with E-state index in [0.29, 0.717) is 6.42 Å². The summed E-state index contributed by atoms with van der Waals surface area (Å²) in [6.45, 7) is 2.68. The summed E-state index contributed by atoms with van der Waals surface area (Å²) in [6.07, 6.45) is 9.88. The molecule has 2 heterocycles. The van der Waals surface area contributed by atoms with E-state index in [1.54, 1.807) is 12.5 Å². The Hall–Kier alpha value is -2.67. The number of hydrogen-bond acceptors (Lipinski definition) is 4. The number of nitrogens with one attached hydrogen (secondary N) is 3. The van der Waals surface area contributed by atoms with Gasteiger partial charge in [-0.25, -0.2) is 4.98 Å². The Morgan fingerprint density at radius 1 is 1.13 bits per heavy atom. The Morgan fingerprint density at radius 3 is 2.68 bits per heavy atom. The normalized spacial score (nSPS) is 21.0. The lowest BCUT2D eigenvalue weighted by atomic mass is 9.88. The molecule has 2 amide bonds. The third-order valence-electron chi connectivity index (χ3n) is 6.46. The second-order valence-corrected chi connectivity index (χ2v) is 8.89. The topological polar surface area (TPSA) is 90.1 Å². The maximum atomic E-state index is 13.1. The van der Waals surface area contributed by atoms with Crippen LogP contribution in [0.15, 0.2) is 42.9 Å². The van der Waals surface area contributed by atoms with Crippen LogP contribution in [0.25, 0.3) is 0 Å². The zero-order chi connectivity index (χ0) is 21.5. The fraction of sp³-hybridized carbons (Fsp3) is 0.542. The van der Waals surface area contributed by atoms with Crippen LogP contribution in [0, 0.1) is 5.92 Å². The minimum Gasteiger partial charge on any atom is -0.350 e. The Balaban J connectivity index is 1.33. The number of carbonyl (C=O) groups is 2. The molecule has 2 aromatic rings. The number of aromatic nitrogens is 2. The van der Waals surface area contributed by atoms with E-state index in [9.17, 15) is 9.59 Å². The molecule has 2 atom stereocenters. The van der Waals surface area contributed by atoms with Crippen molar-refractivity contribution in [1.29, 1.82) is 0 Å². The van der Waals surface area contributed by atoms with E-state index in [1.807, 2.05) is 6.07 Å². The molecular formula is C24H33N5O2. The number of likely N-dealkylation sites (tertiary alicyclic amines) is 1. The summed E-state index contributed by atoms with van der Waals surface area (Å²) in [5, 5.41) is 6.22. The van der Waals surface area contributed by atoms with Gasteiger partial charge in [0.2, 0.25) is 11.8 Å². The minimum atomic E-state index is -0.585. The van der Waals surface area contributed by atoms with E-state index in [1.165, 1.54) is 12.0 Å². The second kappa shape index (κ2) is 10.6. The molecule has 1 saturated carbocycles. The molecule has 0 bridgehead atoms. The van der Waals surface area contributed by atoms with E-state index >= 15 is 0 Å². The third kappa shape index (κ3) is 6.17. The van der Waals surface area contributed by atoms with Gasteiger partial charge in [0.15, 0.2) is 0 Å². The van der Waals surface area contributed by atoms with E-state index in [-0.39, 0.29) is 23.8 Å². The molecule has 166 valence electrons. The van der Waals surface area contributed by atoms with Crippen molar-refractivity contribution in [2.75, 3.05) is 13.1 Å². The summed E-state index contributed by atoms with van der Waals surface area (Å²) < 4.78 is 0. The third-order valence-corrected chi connectivity index (χ3v) is 6.46. The number of H-pyrrole nitrogens is 1. The van der Waals surface area contributed by atoms with Crippen LogP contribution in [0.1, 0.15) is 49.8 Å². The van der Waals surface area contributed by atoms with Crippen molar-refractivity contribution in [3.05, 3.63) is 54.1 Å². The summed E-state index contributed by atoms with van der Waals surface area (Å²) >= 11 is 0. The van der Waals surface area contributed by atoms with Gasteiger partial charge in [-0.2, -0.15) is 0 Å². The smallest absolute Gasteiger partial charge is 0.243 e. The Kier molecular flexibility index (Phi) is 7.35. The van der Waals surface area contributed by atoms with Gasteiger partial charge >= 0.3 is 0 Å². The SMILES string of the molecule is O=C(NC(Cc1cnc[nH]1)C(=O)NC1CCN(Cc2ccccc2)C1)C1CCCCC1. The molecule has 1 aromatic heterocycles. The van der Waals surface area contributed by atoms with Crippen LogP contribution >= 0.6 is 0 Å². The van der Waals surface area contributed by atoms with E-state index in [2.05, 4.69) is 49.8 Å². The highest BCUT2D eigenvalue weighted by molar-refractivity contribution is 5.88. The first-order valence-corrected chi connectivity index (χ1v) is 11.5. The van der Waals surface area contributed by atoms with Gasteiger partial charge in [-0.3, -0.25) is 14.5 Å². The summed E-state index contributed by atoms with van der Waals surface area (Å²) in [5.41, 5.74) is 2.13. The van der Waals surface area contributed by atoms with Gasteiger partial charge < -0.3 is 15.6 Å². The number of hydrogen-bond donors (Lipinski definition) is 3. The molecular weight excluding hydrogens is 390 g/mol. The highest BCUT2D eigenvalue weighted by atomic mass is 16.2. The predicted octanol–water partition coefficient (Wildman–Crippen LogP) is 2.41. The van der Waals surface area contributed by atoms with Crippen LogP contribution in [-0.2, 0) is 22.6 Å².